The molecule has 0 aliphatic carbocycles. The number of anilines is 1. The molecule has 1 fully saturated rings. The van der Waals surface area contributed by atoms with Crippen molar-refractivity contribution in [3.8, 4) is 0 Å². The van der Waals surface area contributed by atoms with E-state index in [1.165, 1.54) is 12.8 Å². The number of nitrogens with one attached hydrogen (secondary N) is 1. The fourth-order valence-electron chi connectivity index (χ4n) is 2.48. The summed E-state index contributed by atoms with van der Waals surface area (Å²) in [7, 11) is 0. The van der Waals surface area contributed by atoms with E-state index >= 15 is 0 Å². The Labute approximate surface area is 132 Å². The van der Waals surface area contributed by atoms with Crippen LogP contribution in [-0.2, 0) is 0 Å². The third-order valence-electron chi connectivity index (χ3n) is 3.37. The standard InChI is InChI=1S/C14H21Br2N3/c1-10(2)7-17-9-12-4-3-5-19(12)14-13(16)6-11(15)8-18-14/h6,8,10,12,17H,3-5,7,9H2,1-2H3. The first kappa shape index (κ1) is 15.3. The summed E-state index contributed by atoms with van der Waals surface area (Å²) in [6.07, 6.45) is 4.37. The number of halogens is 2. The van der Waals surface area contributed by atoms with Gasteiger partial charge in [0.15, 0.2) is 0 Å². The van der Waals surface area contributed by atoms with Crippen molar-refractivity contribution in [1.29, 1.82) is 0 Å². The molecule has 0 radical (unpaired) electrons. The van der Waals surface area contributed by atoms with Crippen molar-refractivity contribution in [3.05, 3.63) is 21.2 Å². The summed E-state index contributed by atoms with van der Waals surface area (Å²) in [4.78, 5) is 6.98. The van der Waals surface area contributed by atoms with Gasteiger partial charge in [-0.15, -0.1) is 0 Å². The lowest BCUT2D eigenvalue weighted by Crippen LogP contribution is -2.39. The lowest BCUT2D eigenvalue weighted by molar-refractivity contribution is 0.511. The molecule has 19 heavy (non-hydrogen) atoms. The van der Waals surface area contributed by atoms with E-state index in [1.54, 1.807) is 0 Å². The van der Waals surface area contributed by atoms with Crippen LogP contribution in [0.25, 0.3) is 0 Å². The third kappa shape index (κ3) is 4.17. The van der Waals surface area contributed by atoms with Crippen LogP contribution in [0.1, 0.15) is 26.7 Å². The molecule has 1 aromatic rings. The maximum absolute atomic E-state index is 4.56. The van der Waals surface area contributed by atoms with Crippen LogP contribution in [0.4, 0.5) is 5.82 Å². The van der Waals surface area contributed by atoms with Gasteiger partial charge in [0.1, 0.15) is 5.82 Å². The highest BCUT2D eigenvalue weighted by atomic mass is 79.9. The van der Waals surface area contributed by atoms with Gasteiger partial charge in [-0.05, 0) is 63.2 Å². The Balaban J connectivity index is 2.01. The van der Waals surface area contributed by atoms with Crippen LogP contribution in [0.2, 0.25) is 0 Å². The van der Waals surface area contributed by atoms with E-state index < -0.39 is 0 Å². The minimum atomic E-state index is 0.559. The van der Waals surface area contributed by atoms with E-state index in [-0.39, 0.29) is 0 Å². The Hall–Kier alpha value is -0.130. The molecule has 0 aromatic carbocycles. The van der Waals surface area contributed by atoms with E-state index in [0.717, 1.165) is 34.4 Å². The average Bonchev–Trinajstić information content (AvgIpc) is 2.77. The zero-order valence-corrected chi connectivity index (χ0v) is 14.7. The maximum Gasteiger partial charge on any atom is 0.143 e. The summed E-state index contributed by atoms with van der Waals surface area (Å²) in [5, 5.41) is 3.56. The Bertz CT molecular complexity index is 423. The molecule has 1 N–H and O–H groups in total. The molecule has 0 spiro atoms. The highest BCUT2D eigenvalue weighted by Gasteiger charge is 2.26. The molecule has 3 nitrogen and oxygen atoms in total. The summed E-state index contributed by atoms with van der Waals surface area (Å²) in [6.45, 7) is 7.71. The average molecular weight is 391 g/mol. The van der Waals surface area contributed by atoms with Gasteiger partial charge in [-0.2, -0.15) is 0 Å². The molecular weight excluding hydrogens is 370 g/mol. The maximum atomic E-state index is 4.56. The minimum Gasteiger partial charge on any atom is -0.351 e. The van der Waals surface area contributed by atoms with Gasteiger partial charge in [-0.25, -0.2) is 4.98 Å². The molecule has 1 saturated heterocycles. The van der Waals surface area contributed by atoms with Gasteiger partial charge < -0.3 is 10.2 Å². The molecule has 0 amide bonds. The van der Waals surface area contributed by atoms with Crippen molar-refractivity contribution >= 4 is 37.7 Å². The van der Waals surface area contributed by atoms with Gasteiger partial charge in [0.05, 0.1) is 4.47 Å². The quantitative estimate of drug-likeness (QED) is 0.828. The minimum absolute atomic E-state index is 0.559. The number of rotatable bonds is 5. The molecule has 1 aliphatic rings. The van der Waals surface area contributed by atoms with Gasteiger partial charge >= 0.3 is 0 Å². The molecule has 2 heterocycles. The van der Waals surface area contributed by atoms with Gasteiger partial charge in [-0.1, -0.05) is 13.8 Å². The van der Waals surface area contributed by atoms with Crippen LogP contribution in [0.5, 0.6) is 0 Å². The zero-order chi connectivity index (χ0) is 13.8. The number of aromatic nitrogens is 1. The fourth-order valence-corrected chi connectivity index (χ4v) is 3.70. The number of nitrogens with zero attached hydrogens (tertiary/aromatic N) is 2. The molecular formula is C14H21Br2N3. The van der Waals surface area contributed by atoms with Crippen molar-refractivity contribution in [2.75, 3.05) is 24.5 Å². The highest BCUT2D eigenvalue weighted by molar-refractivity contribution is 9.11. The summed E-state index contributed by atoms with van der Waals surface area (Å²) in [6, 6.07) is 2.63. The molecule has 5 heteroatoms. The van der Waals surface area contributed by atoms with Gasteiger partial charge in [-0.3, -0.25) is 0 Å². The Morgan fingerprint density at radius 1 is 1.47 bits per heavy atom. The van der Waals surface area contributed by atoms with Crippen molar-refractivity contribution in [2.24, 2.45) is 5.92 Å². The normalized spacial score (nSPS) is 19.4. The van der Waals surface area contributed by atoms with Crippen molar-refractivity contribution in [2.45, 2.75) is 32.7 Å². The van der Waals surface area contributed by atoms with E-state index in [2.05, 4.69) is 67.0 Å². The first-order valence-corrected chi connectivity index (χ1v) is 8.45. The van der Waals surface area contributed by atoms with Crippen LogP contribution in [0.3, 0.4) is 0 Å². The Morgan fingerprint density at radius 2 is 2.26 bits per heavy atom. The summed E-state index contributed by atoms with van der Waals surface area (Å²) < 4.78 is 2.08. The second-order valence-electron chi connectivity index (χ2n) is 5.50. The van der Waals surface area contributed by atoms with E-state index in [9.17, 15) is 0 Å². The van der Waals surface area contributed by atoms with E-state index in [0.29, 0.717) is 12.0 Å². The van der Waals surface area contributed by atoms with Gasteiger partial charge in [0, 0.05) is 29.8 Å². The molecule has 0 bridgehead atoms. The van der Waals surface area contributed by atoms with Crippen LogP contribution >= 0.6 is 31.9 Å². The smallest absolute Gasteiger partial charge is 0.143 e. The highest BCUT2D eigenvalue weighted by Crippen LogP contribution is 2.31. The van der Waals surface area contributed by atoms with Crippen LogP contribution < -0.4 is 10.2 Å². The summed E-state index contributed by atoms with van der Waals surface area (Å²) in [5.41, 5.74) is 0. The van der Waals surface area contributed by atoms with Crippen LogP contribution in [-0.4, -0.2) is 30.7 Å². The first-order chi connectivity index (χ1) is 9.08. The number of hydrogen-bond acceptors (Lipinski definition) is 3. The molecule has 1 aliphatic heterocycles. The lowest BCUT2D eigenvalue weighted by atomic mass is 10.2. The Kier molecular flexibility index (Phi) is 5.66. The van der Waals surface area contributed by atoms with Crippen molar-refractivity contribution in [3.63, 3.8) is 0 Å². The predicted molar refractivity (Wildman–Crippen MR) is 87.7 cm³/mol. The first-order valence-electron chi connectivity index (χ1n) is 6.86. The van der Waals surface area contributed by atoms with E-state index in [4.69, 9.17) is 0 Å². The fraction of sp³-hybridized carbons (Fsp3) is 0.643. The number of pyridine rings is 1. The molecule has 0 saturated carbocycles. The van der Waals surface area contributed by atoms with Gasteiger partial charge in [0.2, 0.25) is 0 Å². The van der Waals surface area contributed by atoms with Crippen molar-refractivity contribution < 1.29 is 0 Å². The van der Waals surface area contributed by atoms with Crippen LogP contribution in [0, 0.1) is 5.92 Å². The van der Waals surface area contributed by atoms with Gasteiger partial charge in [0.25, 0.3) is 0 Å². The molecule has 2 rings (SSSR count). The second kappa shape index (κ2) is 7.04. The number of hydrogen-bond donors (Lipinski definition) is 1. The largest absolute Gasteiger partial charge is 0.351 e. The zero-order valence-electron chi connectivity index (χ0n) is 11.5. The third-order valence-corrected chi connectivity index (χ3v) is 4.39. The molecule has 1 aromatic heterocycles. The second-order valence-corrected chi connectivity index (χ2v) is 7.27. The summed E-state index contributed by atoms with van der Waals surface area (Å²) in [5.74, 6) is 1.77. The van der Waals surface area contributed by atoms with Crippen LogP contribution in [0.15, 0.2) is 21.2 Å². The SMILES string of the molecule is CC(C)CNCC1CCCN1c1ncc(Br)cc1Br. The van der Waals surface area contributed by atoms with E-state index in [1.807, 2.05) is 6.20 Å². The summed E-state index contributed by atoms with van der Waals surface area (Å²) >= 11 is 7.08. The molecule has 1 unspecified atom stereocenters. The monoisotopic (exact) mass is 389 g/mol. The lowest BCUT2D eigenvalue weighted by Gasteiger charge is -2.27. The van der Waals surface area contributed by atoms with Crippen molar-refractivity contribution in [1.82, 2.24) is 10.3 Å². The Morgan fingerprint density at radius 3 is 2.95 bits per heavy atom. The topological polar surface area (TPSA) is 28.2 Å². The molecule has 106 valence electrons. The predicted octanol–water partition coefficient (Wildman–Crippen LogP) is 3.82. The molecule has 1 atom stereocenters.